The highest BCUT2D eigenvalue weighted by atomic mass is 14.9. The molecule has 0 saturated carbocycles. The predicted molar refractivity (Wildman–Crippen MR) is 333 cm³/mol. The first-order valence-corrected chi connectivity index (χ1v) is 27.6. The Labute approximate surface area is 480 Å². The number of aromatic nitrogens is 6. The highest BCUT2D eigenvalue weighted by Gasteiger charge is 2.17. The molecule has 0 N–H and O–H groups in total. The molecule has 0 fully saturated rings. The maximum Gasteiger partial charge on any atom is 0.212 e. The Balaban J connectivity index is 0.000000130. The van der Waals surface area contributed by atoms with Crippen LogP contribution in [0.5, 0.6) is 0 Å². The van der Waals surface area contributed by atoms with Crippen LogP contribution in [0.15, 0.2) is 274 Å². The van der Waals surface area contributed by atoms with Crippen LogP contribution in [0.1, 0.15) is 27.9 Å². The Hall–Kier alpha value is -9.78. The van der Waals surface area contributed by atoms with Crippen LogP contribution < -0.4 is 18.3 Å². The van der Waals surface area contributed by atoms with Gasteiger partial charge < -0.3 is 0 Å². The van der Waals surface area contributed by atoms with Crippen molar-refractivity contribution in [3.8, 4) is 89.7 Å². The standard InChI is InChI=1S/C19H19N2.2C19H18N.C18H17N2/c1-14-7-4-5-9-17(14)19-12-11-16(13-21(19)3)18-10-6-8-15(2)20-18;2*1-15-8-6-7-11-18(15)19-13-12-17(14-20(19)2)16-9-4-3-5-10-16;1-14-5-3-4-6-17(14)18-8-7-16(13-20(18)2)15-9-11-19-12-10-15/h4-13H,1-3H3;2*3-14H,1-2H3;3-13H,1-2H3/q4*+1. The summed E-state index contributed by atoms with van der Waals surface area (Å²) < 4.78 is 8.75. The zero-order valence-corrected chi connectivity index (χ0v) is 48.2. The fourth-order valence-corrected chi connectivity index (χ4v) is 10.2. The maximum absolute atomic E-state index is 4.59. The van der Waals surface area contributed by atoms with Crippen molar-refractivity contribution in [1.82, 2.24) is 9.97 Å². The van der Waals surface area contributed by atoms with E-state index in [0.29, 0.717) is 0 Å². The third-order valence-electron chi connectivity index (χ3n) is 14.6. The minimum atomic E-state index is 1.02. The molecule has 0 aliphatic carbocycles. The Morgan fingerprint density at radius 3 is 0.864 bits per heavy atom. The van der Waals surface area contributed by atoms with E-state index in [1.165, 1.54) is 101 Å². The summed E-state index contributed by atoms with van der Waals surface area (Å²) in [4.78, 5) is 8.65. The molecule has 6 heterocycles. The molecule has 0 amide bonds. The molecule has 0 saturated heterocycles. The molecule has 6 nitrogen and oxygen atoms in total. The topological polar surface area (TPSA) is 41.3 Å². The molecule has 0 radical (unpaired) electrons. The minimum Gasteiger partial charge on any atom is -0.265 e. The van der Waals surface area contributed by atoms with Gasteiger partial charge >= 0.3 is 0 Å². The molecular weight excluding hydrogens is 985 g/mol. The van der Waals surface area contributed by atoms with Crippen molar-refractivity contribution in [3.05, 3.63) is 302 Å². The number of pyridine rings is 6. The summed E-state index contributed by atoms with van der Waals surface area (Å²) in [5, 5.41) is 0. The summed E-state index contributed by atoms with van der Waals surface area (Å²) in [5.41, 5.74) is 25.8. The molecule has 0 atom stereocenters. The van der Waals surface area contributed by atoms with Gasteiger partial charge in [0.25, 0.3) is 0 Å². The van der Waals surface area contributed by atoms with E-state index in [1.54, 1.807) is 0 Å². The van der Waals surface area contributed by atoms with E-state index in [4.69, 9.17) is 0 Å². The molecule has 12 rings (SSSR count). The summed E-state index contributed by atoms with van der Waals surface area (Å²) in [6.45, 7) is 10.6. The van der Waals surface area contributed by atoms with Crippen LogP contribution in [-0.4, -0.2) is 9.97 Å². The van der Waals surface area contributed by atoms with Gasteiger partial charge in [-0.15, -0.1) is 0 Å². The first-order valence-electron chi connectivity index (χ1n) is 27.6. The fraction of sp³-hybridized carbons (Fsp3) is 0.120. The van der Waals surface area contributed by atoms with E-state index in [9.17, 15) is 0 Å². The van der Waals surface area contributed by atoms with Crippen molar-refractivity contribution in [1.29, 1.82) is 0 Å². The lowest BCUT2D eigenvalue weighted by molar-refractivity contribution is -0.660. The number of hydrogen-bond donors (Lipinski definition) is 0. The Kier molecular flexibility index (Phi) is 18.5. The van der Waals surface area contributed by atoms with E-state index < -0.39 is 0 Å². The number of aryl methyl sites for hydroxylation is 9. The van der Waals surface area contributed by atoms with E-state index >= 15 is 0 Å². The van der Waals surface area contributed by atoms with Crippen molar-refractivity contribution in [2.45, 2.75) is 34.6 Å². The van der Waals surface area contributed by atoms with Crippen LogP contribution in [0.4, 0.5) is 0 Å². The van der Waals surface area contributed by atoms with Crippen LogP contribution in [0, 0.1) is 34.6 Å². The third-order valence-corrected chi connectivity index (χ3v) is 14.6. The quantitative estimate of drug-likeness (QED) is 0.142. The summed E-state index contributed by atoms with van der Waals surface area (Å²) in [7, 11) is 8.38. The van der Waals surface area contributed by atoms with Crippen LogP contribution in [-0.2, 0) is 28.2 Å². The van der Waals surface area contributed by atoms with Gasteiger partial charge in [0.05, 0.1) is 11.3 Å². The predicted octanol–water partition coefficient (Wildman–Crippen LogP) is 15.7. The second-order valence-corrected chi connectivity index (χ2v) is 20.5. The van der Waals surface area contributed by atoms with Gasteiger partial charge in [0.15, 0.2) is 24.8 Å². The first-order chi connectivity index (χ1) is 39.4. The molecule has 6 aromatic carbocycles. The maximum atomic E-state index is 4.59. The second kappa shape index (κ2) is 26.7. The van der Waals surface area contributed by atoms with Gasteiger partial charge in [-0.2, -0.15) is 0 Å². The molecule has 0 aliphatic rings. The number of benzene rings is 6. The molecule has 12 aromatic rings. The molecule has 0 bridgehead atoms. The van der Waals surface area contributed by atoms with Gasteiger partial charge in [0.1, 0.15) is 28.2 Å². The normalized spacial score (nSPS) is 10.5. The Bertz CT molecular complexity index is 3730. The van der Waals surface area contributed by atoms with Crippen molar-refractivity contribution in [2.24, 2.45) is 28.2 Å². The van der Waals surface area contributed by atoms with Gasteiger partial charge in [-0.1, -0.05) is 140 Å². The van der Waals surface area contributed by atoms with Gasteiger partial charge in [-0.25, -0.2) is 18.3 Å². The lowest BCUT2D eigenvalue weighted by atomic mass is 10.0. The number of rotatable bonds is 8. The summed E-state index contributed by atoms with van der Waals surface area (Å²) in [5.74, 6) is 0. The Morgan fingerprint density at radius 2 is 0.543 bits per heavy atom. The van der Waals surface area contributed by atoms with Crippen molar-refractivity contribution < 1.29 is 18.3 Å². The SMILES string of the molecule is Cc1cccc(-c2ccc(-c3ccccc3C)[n+](C)c2)n1.Cc1ccccc1-c1ccc(-c2ccccc2)c[n+]1C.Cc1ccccc1-c1ccc(-c2ccccc2)c[n+]1C.Cc1ccccc1-c1ccc(-c2ccncc2)c[n+]1C. The zero-order chi connectivity index (χ0) is 56.7. The Morgan fingerprint density at radius 1 is 0.247 bits per heavy atom. The van der Waals surface area contributed by atoms with Gasteiger partial charge in [0.2, 0.25) is 22.8 Å². The second-order valence-electron chi connectivity index (χ2n) is 20.5. The van der Waals surface area contributed by atoms with Crippen molar-refractivity contribution in [3.63, 3.8) is 0 Å². The zero-order valence-electron chi connectivity index (χ0n) is 48.2. The monoisotopic (exact) mass is 1060 g/mol. The lowest BCUT2D eigenvalue weighted by Gasteiger charge is -2.06. The molecule has 398 valence electrons. The van der Waals surface area contributed by atoms with Crippen molar-refractivity contribution in [2.75, 3.05) is 0 Å². The molecule has 81 heavy (non-hydrogen) atoms. The highest BCUT2D eigenvalue weighted by Crippen LogP contribution is 2.27. The fourth-order valence-electron chi connectivity index (χ4n) is 10.2. The van der Waals surface area contributed by atoms with Gasteiger partial charge in [-0.05, 0) is 146 Å². The molecule has 6 heteroatoms. The minimum absolute atomic E-state index is 1.02. The van der Waals surface area contributed by atoms with E-state index in [2.05, 4.69) is 309 Å². The van der Waals surface area contributed by atoms with Crippen LogP contribution in [0.2, 0.25) is 0 Å². The third kappa shape index (κ3) is 14.1. The first kappa shape index (κ1) is 56.0. The molecule has 6 aromatic heterocycles. The average molecular weight is 1060 g/mol. The smallest absolute Gasteiger partial charge is 0.212 e. The number of nitrogens with zero attached hydrogens (tertiary/aromatic N) is 6. The molecule has 0 spiro atoms. The van der Waals surface area contributed by atoms with E-state index in [1.807, 2.05) is 55.7 Å². The average Bonchev–Trinajstić information content (AvgIpc) is 3.49. The molecular formula is C75H72N6+4. The number of hydrogen-bond acceptors (Lipinski definition) is 2. The highest BCUT2D eigenvalue weighted by molar-refractivity contribution is 5.69. The van der Waals surface area contributed by atoms with Gasteiger partial charge in [-0.3, -0.25) is 9.97 Å². The van der Waals surface area contributed by atoms with Crippen molar-refractivity contribution >= 4 is 0 Å². The van der Waals surface area contributed by atoms with E-state index in [0.717, 1.165) is 17.0 Å². The van der Waals surface area contributed by atoms with E-state index in [-0.39, 0.29) is 0 Å². The summed E-state index contributed by atoms with van der Waals surface area (Å²) >= 11 is 0. The van der Waals surface area contributed by atoms with Crippen LogP contribution in [0.25, 0.3) is 89.7 Å². The lowest BCUT2D eigenvalue weighted by Crippen LogP contribution is -2.30. The molecule has 0 aliphatic heterocycles. The summed E-state index contributed by atoms with van der Waals surface area (Å²) in [6, 6.07) is 82.5. The van der Waals surface area contributed by atoms with Crippen LogP contribution >= 0.6 is 0 Å². The largest absolute Gasteiger partial charge is 0.265 e. The summed E-state index contributed by atoms with van der Waals surface area (Å²) in [6.07, 6.45) is 12.3. The van der Waals surface area contributed by atoms with Gasteiger partial charge in [0, 0.05) is 81.3 Å². The van der Waals surface area contributed by atoms with Crippen LogP contribution in [0.3, 0.4) is 0 Å². The molecule has 0 unspecified atom stereocenters.